The lowest BCUT2D eigenvalue weighted by Crippen LogP contribution is -2.40. The highest BCUT2D eigenvalue weighted by Gasteiger charge is 2.22. The van der Waals surface area contributed by atoms with Crippen molar-refractivity contribution in [3.05, 3.63) is 53.8 Å². The van der Waals surface area contributed by atoms with Gasteiger partial charge in [-0.3, -0.25) is 0 Å². The number of nitrogens with zero attached hydrogens (tertiary/aromatic N) is 1. The number of hydrogen-bond donors (Lipinski definition) is 2. The fourth-order valence-corrected chi connectivity index (χ4v) is 4.04. The maximum Gasteiger partial charge on any atom is 0.321 e. The highest BCUT2D eigenvalue weighted by Crippen LogP contribution is 2.20. The summed E-state index contributed by atoms with van der Waals surface area (Å²) >= 11 is 0. The Bertz CT molecular complexity index is 987. The fourth-order valence-electron chi connectivity index (χ4n) is 2.58. The first-order valence-corrected chi connectivity index (χ1v) is 10.4. The van der Waals surface area contributed by atoms with Crippen LogP contribution in [0.25, 0.3) is 0 Å². The molecule has 0 saturated carbocycles. The van der Waals surface area contributed by atoms with Gasteiger partial charge < -0.3 is 15.0 Å². The minimum absolute atomic E-state index is 0.0464. The van der Waals surface area contributed by atoms with Crippen LogP contribution in [0.1, 0.15) is 26.3 Å². The molecule has 2 rings (SSSR count). The van der Waals surface area contributed by atoms with E-state index in [0.29, 0.717) is 11.3 Å². The summed E-state index contributed by atoms with van der Waals surface area (Å²) in [6.07, 6.45) is 0. The Balaban J connectivity index is 2.09. The van der Waals surface area contributed by atoms with E-state index in [0.717, 1.165) is 0 Å². The Kier molecular flexibility index (Phi) is 6.86. The van der Waals surface area contributed by atoms with Crippen LogP contribution < -0.4 is 14.8 Å². The van der Waals surface area contributed by atoms with Crippen LogP contribution in [0.2, 0.25) is 0 Å². The van der Waals surface area contributed by atoms with Crippen molar-refractivity contribution in [3.8, 4) is 5.75 Å². The normalized spacial score (nSPS) is 11.8. The monoisotopic (exact) mass is 423 g/mol. The summed E-state index contributed by atoms with van der Waals surface area (Å²) in [5.74, 6) is -0.384. The molecule has 0 atom stereocenters. The van der Waals surface area contributed by atoms with Gasteiger partial charge in [0, 0.05) is 24.8 Å². The molecule has 158 valence electrons. The molecule has 2 amide bonds. The third kappa shape index (κ3) is 6.43. The Labute approximate surface area is 170 Å². The molecule has 0 radical (unpaired) electrons. The van der Waals surface area contributed by atoms with E-state index in [1.165, 1.54) is 36.3 Å². The van der Waals surface area contributed by atoms with Gasteiger partial charge in [0.15, 0.2) is 11.6 Å². The van der Waals surface area contributed by atoms with Crippen molar-refractivity contribution < 1.29 is 22.3 Å². The Hall–Kier alpha value is -2.65. The molecule has 7 nitrogen and oxygen atoms in total. The summed E-state index contributed by atoms with van der Waals surface area (Å²) in [6, 6.07) is 9.97. The van der Waals surface area contributed by atoms with Crippen LogP contribution in [-0.2, 0) is 16.6 Å². The van der Waals surface area contributed by atoms with Crippen molar-refractivity contribution in [1.82, 2.24) is 9.62 Å². The van der Waals surface area contributed by atoms with Gasteiger partial charge in [-0.05, 0) is 56.7 Å². The highest BCUT2D eigenvalue weighted by atomic mass is 32.2. The first-order chi connectivity index (χ1) is 13.4. The molecule has 0 aliphatic carbocycles. The number of urea groups is 1. The lowest BCUT2D eigenvalue weighted by molar-refractivity contribution is 0.220. The molecule has 29 heavy (non-hydrogen) atoms. The molecule has 0 heterocycles. The van der Waals surface area contributed by atoms with Crippen LogP contribution in [0.3, 0.4) is 0 Å². The SMILES string of the molecule is COc1ccc(CN(C)C(=O)Nc2cccc(S(=O)(=O)NC(C)(C)C)c2)cc1F. The summed E-state index contributed by atoms with van der Waals surface area (Å²) in [6.45, 7) is 5.39. The summed E-state index contributed by atoms with van der Waals surface area (Å²) < 4.78 is 46.2. The van der Waals surface area contributed by atoms with Gasteiger partial charge >= 0.3 is 6.03 Å². The van der Waals surface area contributed by atoms with Crippen molar-refractivity contribution >= 4 is 21.7 Å². The second-order valence-electron chi connectivity index (χ2n) is 7.64. The van der Waals surface area contributed by atoms with Gasteiger partial charge in [-0.25, -0.2) is 22.3 Å². The Morgan fingerprint density at radius 3 is 2.45 bits per heavy atom. The van der Waals surface area contributed by atoms with E-state index in [1.807, 2.05) is 0 Å². The van der Waals surface area contributed by atoms with Crippen LogP contribution in [0.15, 0.2) is 47.4 Å². The number of carbonyl (C=O) groups is 1. The molecular weight excluding hydrogens is 397 g/mol. The number of hydrogen-bond acceptors (Lipinski definition) is 4. The molecule has 2 aromatic rings. The molecular formula is C20H26FN3O4S. The maximum absolute atomic E-state index is 13.8. The standard InChI is InChI=1S/C20H26FN3O4S/c1-20(2,3)23-29(26,27)16-8-6-7-15(12-16)22-19(25)24(4)13-14-9-10-18(28-5)17(21)11-14/h6-12,23H,13H2,1-5H3,(H,22,25). The highest BCUT2D eigenvalue weighted by molar-refractivity contribution is 7.89. The number of halogens is 1. The number of amides is 2. The van der Waals surface area contributed by atoms with Gasteiger partial charge in [0.05, 0.1) is 12.0 Å². The van der Waals surface area contributed by atoms with Crippen LogP contribution in [0.4, 0.5) is 14.9 Å². The zero-order chi connectivity index (χ0) is 21.8. The van der Waals surface area contributed by atoms with E-state index in [2.05, 4.69) is 10.0 Å². The molecule has 2 aromatic carbocycles. The number of sulfonamides is 1. The predicted molar refractivity (Wildman–Crippen MR) is 110 cm³/mol. The summed E-state index contributed by atoms with van der Waals surface area (Å²) in [7, 11) is -0.792. The van der Waals surface area contributed by atoms with Gasteiger partial charge in [0.25, 0.3) is 0 Å². The third-order valence-electron chi connectivity index (χ3n) is 3.82. The smallest absolute Gasteiger partial charge is 0.321 e. The lowest BCUT2D eigenvalue weighted by atomic mass is 10.1. The van der Waals surface area contributed by atoms with Gasteiger partial charge in [0.1, 0.15) is 0 Å². The van der Waals surface area contributed by atoms with Gasteiger partial charge in [-0.15, -0.1) is 0 Å². The first-order valence-electron chi connectivity index (χ1n) is 8.90. The van der Waals surface area contributed by atoms with Crippen molar-refractivity contribution in [2.75, 3.05) is 19.5 Å². The van der Waals surface area contributed by atoms with Gasteiger partial charge in [0.2, 0.25) is 10.0 Å². The molecule has 9 heteroatoms. The molecule has 0 unspecified atom stereocenters. The fraction of sp³-hybridized carbons (Fsp3) is 0.350. The minimum Gasteiger partial charge on any atom is -0.494 e. The molecule has 0 saturated heterocycles. The van der Waals surface area contributed by atoms with E-state index >= 15 is 0 Å². The topological polar surface area (TPSA) is 87.7 Å². The number of methoxy groups -OCH3 is 1. The predicted octanol–water partition coefficient (Wildman–Crippen LogP) is 3.58. The van der Waals surface area contributed by atoms with Gasteiger partial charge in [-0.1, -0.05) is 12.1 Å². The summed E-state index contributed by atoms with van der Waals surface area (Å²) in [4.78, 5) is 13.8. The number of nitrogens with one attached hydrogen (secondary N) is 2. The number of benzene rings is 2. The van der Waals surface area contributed by atoms with E-state index in [1.54, 1.807) is 46.0 Å². The molecule has 2 N–H and O–H groups in total. The largest absolute Gasteiger partial charge is 0.494 e. The number of anilines is 1. The second kappa shape index (κ2) is 8.79. The lowest BCUT2D eigenvalue weighted by Gasteiger charge is -2.21. The van der Waals surface area contributed by atoms with Gasteiger partial charge in [-0.2, -0.15) is 0 Å². The third-order valence-corrected chi connectivity index (χ3v) is 5.57. The van der Waals surface area contributed by atoms with E-state index < -0.39 is 27.4 Å². The Morgan fingerprint density at radius 2 is 1.86 bits per heavy atom. The van der Waals surface area contributed by atoms with Crippen LogP contribution in [0.5, 0.6) is 5.75 Å². The number of ether oxygens (including phenoxy) is 1. The van der Waals surface area contributed by atoms with E-state index in [4.69, 9.17) is 4.74 Å². The number of carbonyl (C=O) groups excluding carboxylic acids is 1. The van der Waals surface area contributed by atoms with Crippen LogP contribution in [-0.4, -0.2) is 39.0 Å². The van der Waals surface area contributed by atoms with Crippen molar-refractivity contribution in [2.24, 2.45) is 0 Å². The van der Waals surface area contributed by atoms with Crippen LogP contribution >= 0.6 is 0 Å². The summed E-state index contributed by atoms with van der Waals surface area (Å²) in [5, 5.41) is 2.65. The van der Waals surface area contributed by atoms with E-state index in [-0.39, 0.29) is 17.2 Å². The first kappa shape index (κ1) is 22.6. The maximum atomic E-state index is 13.8. The summed E-state index contributed by atoms with van der Waals surface area (Å²) in [5.41, 5.74) is 0.289. The van der Waals surface area contributed by atoms with Crippen molar-refractivity contribution in [1.29, 1.82) is 0 Å². The minimum atomic E-state index is -3.72. The average molecular weight is 424 g/mol. The van der Waals surface area contributed by atoms with Crippen LogP contribution in [0, 0.1) is 5.82 Å². The molecule has 0 aliphatic heterocycles. The molecule has 0 fully saturated rings. The zero-order valence-corrected chi connectivity index (χ0v) is 17.9. The van der Waals surface area contributed by atoms with Crippen molar-refractivity contribution in [3.63, 3.8) is 0 Å². The molecule has 0 bridgehead atoms. The molecule has 0 aromatic heterocycles. The zero-order valence-electron chi connectivity index (χ0n) is 17.1. The second-order valence-corrected chi connectivity index (χ2v) is 9.32. The Morgan fingerprint density at radius 1 is 1.17 bits per heavy atom. The average Bonchev–Trinajstić information content (AvgIpc) is 2.60. The van der Waals surface area contributed by atoms with Crippen molar-refractivity contribution in [2.45, 2.75) is 37.8 Å². The molecule has 0 aliphatic rings. The van der Waals surface area contributed by atoms with E-state index in [9.17, 15) is 17.6 Å². The quantitative estimate of drug-likeness (QED) is 0.744. The molecule has 0 spiro atoms. The number of rotatable bonds is 6.